The number of hydrogen-bond donors (Lipinski definition) is 3. The molecule has 0 bridgehead atoms. The van der Waals surface area contributed by atoms with Gasteiger partial charge in [-0.25, -0.2) is 0 Å². The van der Waals surface area contributed by atoms with Crippen LogP contribution in [-0.4, -0.2) is 60.7 Å². The van der Waals surface area contributed by atoms with E-state index in [4.69, 9.17) is 18.0 Å². The lowest BCUT2D eigenvalue weighted by atomic mass is 9.83. The molecule has 2 aliphatic heterocycles. The molecule has 3 rings (SSSR count). The van der Waals surface area contributed by atoms with Gasteiger partial charge in [0.05, 0.1) is 26.6 Å². The lowest BCUT2D eigenvalue weighted by Crippen LogP contribution is -3.22. The topological polar surface area (TPSA) is 89.1 Å². The fourth-order valence-electron chi connectivity index (χ4n) is 4.47. The molecule has 29 heavy (non-hydrogen) atoms. The molecule has 2 aliphatic rings. The number of nitrogens with one attached hydrogen (secondary N) is 2. The summed E-state index contributed by atoms with van der Waals surface area (Å²) in [4.78, 5) is 27.2. The predicted molar refractivity (Wildman–Crippen MR) is 116 cm³/mol. The van der Waals surface area contributed by atoms with E-state index in [9.17, 15) is 9.59 Å². The van der Waals surface area contributed by atoms with Crippen LogP contribution in [0.15, 0.2) is 24.3 Å². The first kappa shape index (κ1) is 21.5. The third kappa shape index (κ3) is 5.05. The molecular formula is C21H31N4O3S+. The molecule has 2 saturated heterocycles. The number of nitrogens with zero attached hydrogens (tertiary/aromatic N) is 1. The minimum absolute atomic E-state index is 0.172. The van der Waals surface area contributed by atoms with Gasteiger partial charge in [-0.1, -0.05) is 12.1 Å². The van der Waals surface area contributed by atoms with Crippen LogP contribution in [0, 0.1) is 0 Å². The van der Waals surface area contributed by atoms with Gasteiger partial charge in [-0.15, -0.1) is 0 Å². The molecule has 4 N–H and O–H groups in total. The van der Waals surface area contributed by atoms with Crippen molar-refractivity contribution in [3.8, 4) is 0 Å². The van der Waals surface area contributed by atoms with Crippen LogP contribution in [-0.2, 0) is 20.7 Å². The zero-order chi connectivity index (χ0) is 20.9. The normalized spacial score (nSPS) is 19.4. The summed E-state index contributed by atoms with van der Waals surface area (Å²) in [7, 11) is 1.38. The van der Waals surface area contributed by atoms with Crippen LogP contribution < -0.4 is 16.0 Å². The summed E-state index contributed by atoms with van der Waals surface area (Å²) in [5.41, 5.74) is 7.18. The van der Waals surface area contributed by atoms with Gasteiger partial charge in [0.1, 0.15) is 0 Å². The fraction of sp³-hybridized carbons (Fsp3) is 0.571. The number of amides is 1. The van der Waals surface area contributed by atoms with Crippen molar-refractivity contribution in [1.82, 2.24) is 4.90 Å². The summed E-state index contributed by atoms with van der Waals surface area (Å²) < 4.78 is 4.69. The number of rotatable bonds is 5. The smallest absolute Gasteiger partial charge is 0.309 e. The molecule has 0 saturated carbocycles. The van der Waals surface area contributed by atoms with Crippen molar-refractivity contribution in [2.24, 2.45) is 5.73 Å². The van der Waals surface area contributed by atoms with Gasteiger partial charge in [0.15, 0.2) is 10.7 Å². The molecule has 1 aromatic carbocycles. The number of benzene rings is 1. The molecule has 8 heteroatoms. The van der Waals surface area contributed by atoms with E-state index in [0.717, 1.165) is 50.3 Å². The van der Waals surface area contributed by atoms with Gasteiger partial charge in [-0.3, -0.25) is 9.59 Å². The second-order valence-electron chi connectivity index (χ2n) is 7.98. The van der Waals surface area contributed by atoms with Crippen LogP contribution >= 0.6 is 12.2 Å². The van der Waals surface area contributed by atoms with Gasteiger partial charge in [-0.05, 0) is 49.2 Å². The van der Waals surface area contributed by atoms with Crippen LogP contribution in [0.5, 0.6) is 0 Å². The Bertz CT molecular complexity index is 739. The van der Waals surface area contributed by atoms with Gasteiger partial charge in [0.2, 0.25) is 0 Å². The summed E-state index contributed by atoms with van der Waals surface area (Å²) in [6.07, 6.45) is 5.30. The van der Waals surface area contributed by atoms with Crippen molar-refractivity contribution >= 4 is 34.9 Å². The highest BCUT2D eigenvalue weighted by atomic mass is 32.1. The Kier molecular flexibility index (Phi) is 7.08. The van der Waals surface area contributed by atoms with E-state index in [1.807, 2.05) is 24.3 Å². The van der Waals surface area contributed by atoms with Crippen molar-refractivity contribution in [2.45, 2.75) is 44.1 Å². The average molecular weight is 420 g/mol. The van der Waals surface area contributed by atoms with Gasteiger partial charge in [0, 0.05) is 31.6 Å². The quantitative estimate of drug-likeness (QED) is 0.476. The molecule has 0 aliphatic carbocycles. The predicted octanol–water partition coefficient (Wildman–Crippen LogP) is 0.488. The van der Waals surface area contributed by atoms with Crippen molar-refractivity contribution in [3.63, 3.8) is 0 Å². The van der Waals surface area contributed by atoms with Crippen LogP contribution in [0.25, 0.3) is 0 Å². The Morgan fingerprint density at radius 2 is 1.79 bits per heavy atom. The molecule has 0 atom stereocenters. The number of esters is 1. The van der Waals surface area contributed by atoms with Crippen molar-refractivity contribution in [1.29, 1.82) is 0 Å². The maximum Gasteiger partial charge on any atom is 0.309 e. The number of thiocarbonyl (C=S) groups is 1. The minimum atomic E-state index is -0.456. The van der Waals surface area contributed by atoms with E-state index < -0.39 is 5.54 Å². The molecule has 0 aromatic heterocycles. The third-order valence-corrected chi connectivity index (χ3v) is 6.65. The molecule has 0 unspecified atom stereocenters. The first-order valence-electron chi connectivity index (χ1n) is 10.3. The number of primary amides is 1. The molecule has 0 spiro atoms. The molecule has 0 radical (unpaired) electrons. The molecule has 7 nitrogen and oxygen atoms in total. The van der Waals surface area contributed by atoms with Crippen LogP contribution in [0.3, 0.4) is 0 Å². The van der Waals surface area contributed by atoms with Crippen LogP contribution in [0.2, 0.25) is 0 Å². The number of piperidine rings is 2. The van der Waals surface area contributed by atoms with Gasteiger partial charge in [0.25, 0.3) is 5.91 Å². The first-order valence-corrected chi connectivity index (χ1v) is 10.7. The summed E-state index contributed by atoms with van der Waals surface area (Å²) >= 11 is 5.59. The number of carbonyl (C=O) groups excluding carboxylic acids is 2. The van der Waals surface area contributed by atoms with Gasteiger partial charge >= 0.3 is 5.97 Å². The number of methoxy groups -OCH3 is 1. The summed E-state index contributed by atoms with van der Waals surface area (Å²) in [5.74, 6) is -0.433. The highest BCUT2D eigenvalue weighted by molar-refractivity contribution is 7.80. The van der Waals surface area contributed by atoms with Gasteiger partial charge in [-0.2, -0.15) is 0 Å². The highest BCUT2D eigenvalue weighted by Crippen LogP contribution is 2.22. The molecule has 2 heterocycles. The van der Waals surface area contributed by atoms with E-state index >= 15 is 0 Å². The number of carbonyl (C=O) groups is 2. The highest BCUT2D eigenvalue weighted by Gasteiger charge is 2.49. The fourth-order valence-corrected chi connectivity index (χ4v) is 4.77. The molecular weight excluding hydrogens is 388 g/mol. The van der Waals surface area contributed by atoms with E-state index in [0.29, 0.717) is 5.11 Å². The molecule has 1 amide bonds. The molecule has 1 aromatic rings. The Hall–Kier alpha value is -2.19. The Labute approximate surface area is 177 Å². The SMILES string of the molecule is COC(=O)Cc1ccc(NC(=S)N2CCC(C(N)=O)([NH+]3CCCCC3)CC2)cc1. The van der Waals surface area contributed by atoms with E-state index in [1.54, 1.807) is 0 Å². The number of quaternary nitrogens is 1. The Balaban J connectivity index is 1.56. The first-order chi connectivity index (χ1) is 13.9. The minimum Gasteiger partial charge on any atom is -0.469 e. The number of anilines is 1. The standard InChI is InChI=1S/C21H30N4O3S/c1-28-18(26)15-16-5-7-17(8-6-16)23-20(29)24-13-9-21(10-14-24,19(22)27)25-11-3-2-4-12-25/h5-8H,2-4,9-15H2,1H3,(H2,22,27)(H,23,29)/p+1. The van der Waals surface area contributed by atoms with E-state index in [-0.39, 0.29) is 18.3 Å². The van der Waals surface area contributed by atoms with E-state index in [1.165, 1.54) is 31.3 Å². The summed E-state index contributed by atoms with van der Waals surface area (Å²) in [6.45, 7) is 3.50. The lowest BCUT2D eigenvalue weighted by Gasteiger charge is -2.45. The largest absolute Gasteiger partial charge is 0.469 e. The second-order valence-corrected chi connectivity index (χ2v) is 8.36. The Morgan fingerprint density at radius 3 is 2.34 bits per heavy atom. The lowest BCUT2D eigenvalue weighted by molar-refractivity contribution is -0.948. The van der Waals surface area contributed by atoms with Crippen molar-refractivity contribution in [2.75, 3.05) is 38.6 Å². The van der Waals surface area contributed by atoms with Gasteiger partial charge < -0.3 is 25.6 Å². The number of nitrogens with two attached hydrogens (primary N) is 1. The number of likely N-dealkylation sites (tertiary alicyclic amines) is 2. The number of ether oxygens (including phenoxy) is 1. The third-order valence-electron chi connectivity index (χ3n) is 6.29. The zero-order valence-electron chi connectivity index (χ0n) is 17.0. The van der Waals surface area contributed by atoms with Crippen molar-refractivity contribution < 1.29 is 19.2 Å². The monoisotopic (exact) mass is 419 g/mol. The maximum absolute atomic E-state index is 12.4. The second kappa shape index (κ2) is 9.54. The van der Waals surface area contributed by atoms with E-state index in [2.05, 4.69) is 15.0 Å². The maximum atomic E-state index is 12.4. The summed E-state index contributed by atoms with van der Waals surface area (Å²) in [5, 5.41) is 3.91. The zero-order valence-corrected chi connectivity index (χ0v) is 17.9. The van der Waals surface area contributed by atoms with Crippen LogP contribution in [0.1, 0.15) is 37.7 Å². The average Bonchev–Trinajstić information content (AvgIpc) is 2.75. The molecule has 2 fully saturated rings. The molecule has 158 valence electrons. The van der Waals surface area contributed by atoms with Crippen molar-refractivity contribution in [3.05, 3.63) is 29.8 Å². The Morgan fingerprint density at radius 1 is 1.17 bits per heavy atom. The summed E-state index contributed by atoms with van der Waals surface area (Å²) in [6, 6.07) is 7.58. The number of hydrogen-bond acceptors (Lipinski definition) is 4. The van der Waals surface area contributed by atoms with Crippen LogP contribution in [0.4, 0.5) is 5.69 Å².